The Bertz CT molecular complexity index is 836. The van der Waals surface area contributed by atoms with Gasteiger partial charge in [-0.1, -0.05) is 30.3 Å². The number of aliphatic hydroxyl groups excluding tert-OH is 1. The van der Waals surface area contributed by atoms with Gasteiger partial charge in [-0.15, -0.1) is 0 Å². The first kappa shape index (κ1) is 16.9. The summed E-state index contributed by atoms with van der Waals surface area (Å²) in [6.07, 6.45) is 5.02. The van der Waals surface area contributed by atoms with Gasteiger partial charge in [0, 0.05) is 38.8 Å². The van der Waals surface area contributed by atoms with Crippen molar-refractivity contribution in [1.29, 1.82) is 0 Å². The van der Waals surface area contributed by atoms with Crippen LogP contribution in [-0.4, -0.2) is 68.8 Å². The third-order valence-corrected chi connectivity index (χ3v) is 5.10. The number of nitrogens with zero attached hydrogens (tertiary/aromatic N) is 5. The molecular formula is C19H24N6O. The molecule has 0 amide bonds. The Morgan fingerprint density at radius 1 is 1.12 bits per heavy atom. The van der Waals surface area contributed by atoms with Crippen LogP contribution in [0.5, 0.6) is 0 Å². The summed E-state index contributed by atoms with van der Waals surface area (Å²) in [5.41, 5.74) is 2.93. The van der Waals surface area contributed by atoms with Crippen molar-refractivity contribution in [2.45, 2.75) is 18.9 Å². The number of H-pyrrole nitrogens is 1. The van der Waals surface area contributed by atoms with Crippen molar-refractivity contribution in [3.05, 3.63) is 48.5 Å². The zero-order valence-electron chi connectivity index (χ0n) is 14.8. The highest BCUT2D eigenvalue weighted by Gasteiger charge is 2.28. The maximum atomic E-state index is 9.53. The molecular weight excluding hydrogens is 328 g/mol. The number of aromatic amines is 1. The fraction of sp³-hybridized carbons (Fsp3) is 0.421. The van der Waals surface area contributed by atoms with Gasteiger partial charge in [0.05, 0.1) is 6.33 Å². The molecule has 3 heterocycles. The Morgan fingerprint density at radius 2 is 2.00 bits per heavy atom. The molecule has 1 aromatic carbocycles. The molecule has 7 heteroatoms. The summed E-state index contributed by atoms with van der Waals surface area (Å²) in [6.45, 7) is 3.91. The van der Waals surface area contributed by atoms with Crippen LogP contribution in [0.2, 0.25) is 0 Å². The van der Waals surface area contributed by atoms with Gasteiger partial charge in [-0.3, -0.25) is 4.90 Å². The first-order valence-corrected chi connectivity index (χ1v) is 9.13. The molecule has 2 N–H and O–H groups in total. The highest BCUT2D eigenvalue weighted by molar-refractivity contribution is 5.82. The average Bonchev–Trinajstić information content (AvgIpc) is 3.17. The van der Waals surface area contributed by atoms with E-state index in [9.17, 15) is 5.11 Å². The van der Waals surface area contributed by atoms with Gasteiger partial charge in [0.1, 0.15) is 11.8 Å². The van der Waals surface area contributed by atoms with Gasteiger partial charge in [-0.05, 0) is 18.4 Å². The van der Waals surface area contributed by atoms with Crippen molar-refractivity contribution in [3.63, 3.8) is 0 Å². The lowest BCUT2D eigenvalue weighted by atomic mass is 10.1. The zero-order valence-corrected chi connectivity index (χ0v) is 14.8. The number of piperazine rings is 1. The lowest BCUT2D eigenvalue weighted by Gasteiger charge is -2.42. The van der Waals surface area contributed by atoms with Gasteiger partial charge in [0.25, 0.3) is 0 Å². The van der Waals surface area contributed by atoms with E-state index in [1.165, 1.54) is 5.56 Å². The summed E-state index contributed by atoms with van der Waals surface area (Å²) in [4.78, 5) is 20.8. The normalized spacial score (nSPS) is 18.5. The minimum absolute atomic E-state index is 0.198. The number of fused-ring (bicyclic) bond motifs is 1. The highest BCUT2D eigenvalue weighted by atomic mass is 16.3. The summed E-state index contributed by atoms with van der Waals surface area (Å²) >= 11 is 0. The predicted octanol–water partition coefficient (Wildman–Crippen LogP) is 1.47. The van der Waals surface area contributed by atoms with Crippen molar-refractivity contribution in [3.8, 4) is 0 Å². The lowest BCUT2D eigenvalue weighted by molar-refractivity contribution is 0.143. The minimum Gasteiger partial charge on any atom is -0.396 e. The van der Waals surface area contributed by atoms with Crippen LogP contribution < -0.4 is 4.90 Å². The molecule has 0 spiro atoms. The number of aromatic nitrogens is 4. The van der Waals surface area contributed by atoms with E-state index in [-0.39, 0.29) is 6.61 Å². The standard InChI is InChI=1S/C19H24N6O/c26-11-7-16-12-25(19-17-18(21-13-20-17)22-14-23-19)10-9-24(16)8-6-15-4-2-1-3-5-15/h1-5,13-14,16,26H,6-12H2,(H,20,21,22,23)/t16-/m1/s1. The monoisotopic (exact) mass is 352 g/mol. The van der Waals surface area contributed by atoms with E-state index in [4.69, 9.17) is 0 Å². The van der Waals surface area contributed by atoms with Gasteiger partial charge >= 0.3 is 0 Å². The first-order chi connectivity index (χ1) is 12.8. The number of hydrogen-bond donors (Lipinski definition) is 2. The molecule has 4 rings (SSSR count). The molecule has 0 radical (unpaired) electrons. The van der Waals surface area contributed by atoms with Crippen LogP contribution in [0.4, 0.5) is 5.82 Å². The molecule has 0 unspecified atom stereocenters. The second kappa shape index (κ2) is 7.80. The topological polar surface area (TPSA) is 81.2 Å². The van der Waals surface area contributed by atoms with E-state index >= 15 is 0 Å². The van der Waals surface area contributed by atoms with Crippen LogP contribution in [0.25, 0.3) is 11.2 Å². The summed E-state index contributed by atoms with van der Waals surface area (Å²) in [6, 6.07) is 10.9. The van der Waals surface area contributed by atoms with Crippen LogP contribution >= 0.6 is 0 Å². The molecule has 136 valence electrons. The van der Waals surface area contributed by atoms with Crippen molar-refractivity contribution >= 4 is 17.0 Å². The predicted molar refractivity (Wildman–Crippen MR) is 101 cm³/mol. The van der Waals surface area contributed by atoms with E-state index in [1.807, 2.05) is 0 Å². The van der Waals surface area contributed by atoms with E-state index < -0.39 is 0 Å². The van der Waals surface area contributed by atoms with Crippen LogP contribution in [0.15, 0.2) is 43.0 Å². The lowest BCUT2D eigenvalue weighted by Crippen LogP contribution is -2.54. The van der Waals surface area contributed by atoms with Crippen molar-refractivity contribution in [1.82, 2.24) is 24.8 Å². The van der Waals surface area contributed by atoms with Gasteiger partial charge in [0.15, 0.2) is 11.5 Å². The fourth-order valence-corrected chi connectivity index (χ4v) is 3.71. The summed E-state index contributed by atoms with van der Waals surface area (Å²) in [5, 5.41) is 9.53. The molecule has 0 saturated carbocycles. The van der Waals surface area contributed by atoms with Gasteiger partial charge in [0.2, 0.25) is 0 Å². The maximum absolute atomic E-state index is 9.53. The zero-order chi connectivity index (χ0) is 17.8. The van der Waals surface area contributed by atoms with Gasteiger partial charge in [-0.25, -0.2) is 15.0 Å². The van der Waals surface area contributed by atoms with E-state index in [1.54, 1.807) is 12.7 Å². The molecule has 1 fully saturated rings. The first-order valence-electron chi connectivity index (χ1n) is 9.13. The molecule has 7 nitrogen and oxygen atoms in total. The van der Waals surface area contributed by atoms with Crippen LogP contribution in [-0.2, 0) is 6.42 Å². The number of anilines is 1. The third-order valence-electron chi connectivity index (χ3n) is 5.10. The van der Waals surface area contributed by atoms with E-state index in [2.05, 4.69) is 60.1 Å². The van der Waals surface area contributed by atoms with Crippen molar-refractivity contribution < 1.29 is 5.11 Å². The van der Waals surface area contributed by atoms with Gasteiger partial charge < -0.3 is 15.0 Å². The van der Waals surface area contributed by atoms with Crippen molar-refractivity contribution in [2.24, 2.45) is 0 Å². The molecule has 1 aliphatic rings. The Hall–Kier alpha value is -2.51. The average molecular weight is 352 g/mol. The number of benzene rings is 1. The summed E-state index contributed by atoms with van der Waals surface area (Å²) in [5.74, 6) is 0.901. The Balaban J connectivity index is 1.47. The number of rotatable bonds is 6. The Morgan fingerprint density at radius 3 is 2.85 bits per heavy atom. The quantitative estimate of drug-likeness (QED) is 0.699. The molecule has 0 bridgehead atoms. The number of hydrogen-bond acceptors (Lipinski definition) is 6. The van der Waals surface area contributed by atoms with E-state index in [0.29, 0.717) is 11.7 Å². The number of aliphatic hydroxyl groups is 1. The smallest absolute Gasteiger partial charge is 0.182 e. The molecule has 1 atom stereocenters. The second-order valence-corrected chi connectivity index (χ2v) is 6.68. The molecule has 26 heavy (non-hydrogen) atoms. The Kier molecular flexibility index (Phi) is 5.08. The van der Waals surface area contributed by atoms with E-state index in [0.717, 1.165) is 50.4 Å². The van der Waals surface area contributed by atoms with Crippen molar-refractivity contribution in [2.75, 3.05) is 37.7 Å². The molecule has 0 aliphatic carbocycles. The van der Waals surface area contributed by atoms with Crippen LogP contribution in [0.1, 0.15) is 12.0 Å². The fourth-order valence-electron chi connectivity index (χ4n) is 3.71. The second-order valence-electron chi connectivity index (χ2n) is 6.68. The SMILES string of the molecule is OCC[C@@H]1CN(c2ncnc3nc[nH]c23)CCN1CCc1ccccc1. The molecule has 1 aliphatic heterocycles. The molecule has 3 aromatic rings. The van der Waals surface area contributed by atoms with Crippen LogP contribution in [0, 0.1) is 0 Å². The summed E-state index contributed by atoms with van der Waals surface area (Å²) in [7, 11) is 0. The van der Waals surface area contributed by atoms with Crippen LogP contribution in [0.3, 0.4) is 0 Å². The third kappa shape index (κ3) is 3.54. The summed E-state index contributed by atoms with van der Waals surface area (Å²) < 4.78 is 0. The largest absolute Gasteiger partial charge is 0.396 e. The Labute approximate surface area is 152 Å². The maximum Gasteiger partial charge on any atom is 0.182 e. The molecule has 1 saturated heterocycles. The number of imidazole rings is 1. The minimum atomic E-state index is 0.198. The van der Waals surface area contributed by atoms with Gasteiger partial charge in [-0.2, -0.15) is 0 Å². The number of nitrogens with one attached hydrogen (secondary N) is 1. The molecule has 2 aromatic heterocycles. The highest BCUT2D eigenvalue weighted by Crippen LogP contribution is 2.24.